The van der Waals surface area contributed by atoms with E-state index in [9.17, 15) is 9.59 Å². The third kappa shape index (κ3) is 4.54. The third-order valence-corrected chi connectivity index (χ3v) is 5.84. The molecule has 1 unspecified atom stereocenters. The predicted octanol–water partition coefficient (Wildman–Crippen LogP) is 3.38. The molecule has 1 N–H and O–H groups in total. The second-order valence-electron chi connectivity index (χ2n) is 7.30. The van der Waals surface area contributed by atoms with Crippen molar-refractivity contribution in [3.8, 4) is 0 Å². The fourth-order valence-electron chi connectivity index (χ4n) is 3.89. The highest BCUT2D eigenvalue weighted by Gasteiger charge is 2.39. The molecule has 2 amide bonds. The number of carbonyl (C=O) groups excluding carboxylic acids is 2. The van der Waals surface area contributed by atoms with Crippen molar-refractivity contribution in [2.24, 2.45) is 0 Å². The number of nitrogens with one attached hydrogen (secondary N) is 1. The zero-order valence-electron chi connectivity index (χ0n) is 16.5. The fourth-order valence-corrected chi connectivity index (χ4v) is 4.32. The Bertz CT molecular complexity index is 960. The molecule has 1 fully saturated rings. The van der Waals surface area contributed by atoms with Crippen LogP contribution in [-0.4, -0.2) is 37.3 Å². The monoisotopic (exact) mass is 421 g/mol. The lowest BCUT2D eigenvalue weighted by molar-refractivity contribution is -0.127. The van der Waals surface area contributed by atoms with E-state index in [1.807, 2.05) is 36.4 Å². The number of hydrogen-bond donors (Lipinski definition) is 1. The van der Waals surface area contributed by atoms with Crippen LogP contribution in [0.15, 0.2) is 60.1 Å². The van der Waals surface area contributed by atoms with Crippen molar-refractivity contribution in [2.45, 2.75) is 44.3 Å². The molecule has 1 aliphatic rings. The minimum Gasteiger partial charge on any atom is -0.350 e. The van der Waals surface area contributed by atoms with Crippen molar-refractivity contribution in [1.82, 2.24) is 24.8 Å². The molecule has 1 aliphatic carbocycles. The first-order valence-electron chi connectivity index (χ1n) is 10.1. The van der Waals surface area contributed by atoms with Crippen LogP contribution in [-0.2, 0) is 11.3 Å². The summed E-state index contributed by atoms with van der Waals surface area (Å²) in [6.45, 7) is 0.383. The molecule has 0 radical (unpaired) electrons. The normalized spacial score (nSPS) is 14.9. The molecule has 0 saturated heterocycles. The van der Waals surface area contributed by atoms with Gasteiger partial charge in [-0.15, -0.1) is 5.10 Å². The minimum atomic E-state index is -0.827. The second kappa shape index (κ2) is 9.58. The molecule has 7 nitrogen and oxygen atoms in total. The Balaban J connectivity index is 1.66. The van der Waals surface area contributed by atoms with E-state index in [2.05, 4.69) is 19.9 Å². The van der Waals surface area contributed by atoms with Crippen molar-refractivity contribution >= 4 is 23.3 Å². The van der Waals surface area contributed by atoms with Gasteiger partial charge in [-0.25, -0.2) is 0 Å². The van der Waals surface area contributed by atoms with Gasteiger partial charge in [-0.2, -0.15) is 0 Å². The van der Waals surface area contributed by atoms with Gasteiger partial charge in [0.25, 0.3) is 5.91 Å². The quantitative estimate of drug-likeness (QED) is 0.632. The number of benzene rings is 1. The van der Waals surface area contributed by atoms with Crippen molar-refractivity contribution in [1.29, 1.82) is 0 Å². The summed E-state index contributed by atoms with van der Waals surface area (Å²) in [6.07, 6.45) is 5.43. The average Bonchev–Trinajstić information content (AvgIpc) is 3.51. The van der Waals surface area contributed by atoms with Gasteiger partial charge in [0, 0.05) is 24.2 Å². The number of carbonyl (C=O) groups is 2. The van der Waals surface area contributed by atoms with Gasteiger partial charge in [-0.1, -0.05) is 53.7 Å². The largest absolute Gasteiger partial charge is 0.350 e. The van der Waals surface area contributed by atoms with E-state index < -0.39 is 6.04 Å². The summed E-state index contributed by atoms with van der Waals surface area (Å²) in [5.74, 6) is -0.526. The number of nitrogens with zero attached hydrogens (tertiary/aromatic N) is 4. The average molecular weight is 422 g/mol. The van der Waals surface area contributed by atoms with E-state index in [1.54, 1.807) is 28.6 Å². The van der Waals surface area contributed by atoms with E-state index in [-0.39, 0.29) is 23.6 Å². The maximum atomic E-state index is 13.4. The molecule has 2 aromatic heterocycles. The molecule has 1 saturated carbocycles. The number of rotatable bonds is 7. The first-order chi connectivity index (χ1) is 14.7. The van der Waals surface area contributed by atoms with Crippen molar-refractivity contribution in [2.75, 3.05) is 0 Å². The molecular formula is C22H23N5O2S. The summed E-state index contributed by atoms with van der Waals surface area (Å²) in [7, 11) is 0. The summed E-state index contributed by atoms with van der Waals surface area (Å²) in [4.78, 5) is 32.9. The molecule has 1 atom stereocenters. The van der Waals surface area contributed by atoms with Crippen LogP contribution < -0.4 is 5.32 Å². The van der Waals surface area contributed by atoms with Crippen LogP contribution in [0.2, 0.25) is 0 Å². The Morgan fingerprint density at radius 1 is 1.10 bits per heavy atom. The van der Waals surface area contributed by atoms with Gasteiger partial charge < -0.3 is 10.2 Å². The molecule has 3 aromatic rings. The summed E-state index contributed by atoms with van der Waals surface area (Å²) in [5.41, 5.74) is 1.81. The van der Waals surface area contributed by atoms with E-state index in [0.29, 0.717) is 12.2 Å². The zero-order valence-corrected chi connectivity index (χ0v) is 17.3. The summed E-state index contributed by atoms with van der Waals surface area (Å²) < 4.78 is 3.83. The van der Waals surface area contributed by atoms with E-state index in [4.69, 9.17) is 0 Å². The molecule has 0 aliphatic heterocycles. The second-order valence-corrected chi connectivity index (χ2v) is 7.91. The Labute approximate surface area is 179 Å². The fraction of sp³-hybridized carbons (Fsp3) is 0.318. The highest BCUT2D eigenvalue weighted by atomic mass is 32.1. The highest BCUT2D eigenvalue weighted by Crippen LogP contribution is 2.32. The molecule has 8 heteroatoms. The number of hydrogen-bond acceptors (Lipinski definition) is 6. The van der Waals surface area contributed by atoms with Crippen LogP contribution in [0.4, 0.5) is 0 Å². The van der Waals surface area contributed by atoms with Crippen LogP contribution in [0.3, 0.4) is 0 Å². The standard InChI is InChI=1S/C22H23N5O2S/c28-21(24-14-16-8-2-1-3-9-16)20(18-12-6-7-13-23-18)27(17-10-4-5-11-17)22(29)19-15-30-26-25-19/h1-3,6-9,12-13,15,17,20H,4-5,10-11,14H2,(H,24,28). The Kier molecular flexibility index (Phi) is 6.44. The SMILES string of the molecule is O=C(NCc1ccccc1)C(c1ccccn1)N(C(=O)c1csnn1)C1CCCC1. The van der Waals surface area contributed by atoms with Gasteiger partial charge in [0.1, 0.15) is 0 Å². The number of amides is 2. The van der Waals surface area contributed by atoms with E-state index in [0.717, 1.165) is 42.8 Å². The highest BCUT2D eigenvalue weighted by molar-refractivity contribution is 7.03. The van der Waals surface area contributed by atoms with Crippen LogP contribution in [0.5, 0.6) is 0 Å². The van der Waals surface area contributed by atoms with Crippen molar-refractivity contribution < 1.29 is 9.59 Å². The molecule has 0 bridgehead atoms. The van der Waals surface area contributed by atoms with Gasteiger partial charge in [0.2, 0.25) is 5.91 Å². The van der Waals surface area contributed by atoms with E-state index in [1.165, 1.54) is 0 Å². The van der Waals surface area contributed by atoms with Gasteiger partial charge in [-0.3, -0.25) is 14.6 Å². The van der Waals surface area contributed by atoms with Gasteiger partial charge in [0.15, 0.2) is 11.7 Å². The maximum absolute atomic E-state index is 13.4. The van der Waals surface area contributed by atoms with Crippen LogP contribution >= 0.6 is 11.5 Å². The molecule has 2 heterocycles. The zero-order chi connectivity index (χ0) is 20.8. The number of aromatic nitrogens is 3. The Morgan fingerprint density at radius 3 is 2.53 bits per heavy atom. The first kappa shape index (κ1) is 20.2. The first-order valence-corrected chi connectivity index (χ1v) is 10.9. The lowest BCUT2D eigenvalue weighted by atomic mass is 10.0. The lowest BCUT2D eigenvalue weighted by Crippen LogP contribution is -2.48. The molecule has 1 aromatic carbocycles. The summed E-state index contributed by atoms with van der Waals surface area (Å²) >= 11 is 1.13. The number of pyridine rings is 1. The Hall–Kier alpha value is -3.13. The molecule has 30 heavy (non-hydrogen) atoms. The van der Waals surface area contributed by atoms with Gasteiger partial charge in [0.05, 0.1) is 5.69 Å². The molecule has 4 rings (SSSR count). The van der Waals surface area contributed by atoms with Crippen LogP contribution in [0.1, 0.15) is 53.5 Å². The predicted molar refractivity (Wildman–Crippen MR) is 114 cm³/mol. The van der Waals surface area contributed by atoms with Crippen LogP contribution in [0.25, 0.3) is 0 Å². The van der Waals surface area contributed by atoms with Gasteiger partial charge in [-0.05, 0) is 42.1 Å². The topological polar surface area (TPSA) is 88.1 Å². The third-order valence-electron chi connectivity index (χ3n) is 5.34. The smallest absolute Gasteiger partial charge is 0.276 e. The summed E-state index contributed by atoms with van der Waals surface area (Å²) in [6, 6.07) is 14.3. The maximum Gasteiger partial charge on any atom is 0.276 e. The van der Waals surface area contributed by atoms with Gasteiger partial charge >= 0.3 is 0 Å². The van der Waals surface area contributed by atoms with Crippen molar-refractivity contribution in [3.05, 3.63) is 77.1 Å². The van der Waals surface area contributed by atoms with Crippen molar-refractivity contribution in [3.63, 3.8) is 0 Å². The summed E-state index contributed by atoms with van der Waals surface area (Å²) in [5, 5.41) is 8.58. The minimum absolute atomic E-state index is 0.0336. The molecule has 154 valence electrons. The lowest BCUT2D eigenvalue weighted by Gasteiger charge is -2.35. The molecular weight excluding hydrogens is 398 g/mol. The van der Waals surface area contributed by atoms with Crippen LogP contribution in [0, 0.1) is 0 Å². The Morgan fingerprint density at radius 2 is 1.87 bits per heavy atom. The molecule has 0 spiro atoms. The van der Waals surface area contributed by atoms with E-state index >= 15 is 0 Å².